The second-order valence-electron chi connectivity index (χ2n) is 6.44. The van der Waals surface area contributed by atoms with Crippen molar-refractivity contribution >= 4 is 5.97 Å². The lowest BCUT2D eigenvalue weighted by Crippen LogP contribution is -2.30. The number of aliphatic hydroxyl groups excluding tert-OH is 2. The second kappa shape index (κ2) is 8.31. The highest BCUT2D eigenvalue weighted by Crippen LogP contribution is 2.37. The molecule has 2 rings (SSSR count). The Morgan fingerprint density at radius 1 is 1.39 bits per heavy atom. The van der Waals surface area contributed by atoms with E-state index in [0.29, 0.717) is 32.3 Å². The summed E-state index contributed by atoms with van der Waals surface area (Å²) in [5.74, 6) is -0.587. The van der Waals surface area contributed by atoms with Gasteiger partial charge in [-0.1, -0.05) is 12.1 Å². The Morgan fingerprint density at radius 2 is 2.17 bits per heavy atom. The molecule has 0 spiro atoms. The molecule has 1 fully saturated rings. The van der Waals surface area contributed by atoms with Crippen LogP contribution in [0.3, 0.4) is 0 Å². The third kappa shape index (κ3) is 5.22. The third-order valence-corrected chi connectivity index (χ3v) is 4.65. The van der Waals surface area contributed by atoms with E-state index in [9.17, 15) is 15.0 Å². The molecule has 0 bridgehead atoms. The molecule has 23 heavy (non-hydrogen) atoms. The highest BCUT2D eigenvalue weighted by atomic mass is 16.5. The topological polar surface area (TPSA) is 87.0 Å². The molecule has 1 unspecified atom stereocenters. The summed E-state index contributed by atoms with van der Waals surface area (Å²) in [4.78, 5) is 10.9. The largest absolute Gasteiger partial charge is 0.494 e. The van der Waals surface area contributed by atoms with Gasteiger partial charge in [0.05, 0.1) is 25.2 Å². The maximum Gasteiger partial charge on any atom is 0.303 e. The number of aliphatic carboxylic acids is 1. The molecule has 0 aromatic heterocycles. The maximum absolute atomic E-state index is 10.9. The SMILES string of the molecule is Cc1cccc(OCCCC(O)[C@@H]2CC[C@H](O)[C@@H]2CC(=O)O)c1. The Hall–Kier alpha value is -1.59. The van der Waals surface area contributed by atoms with Gasteiger partial charge in [0, 0.05) is 5.92 Å². The Morgan fingerprint density at radius 3 is 2.87 bits per heavy atom. The summed E-state index contributed by atoms with van der Waals surface area (Å²) < 4.78 is 5.66. The van der Waals surface area contributed by atoms with Gasteiger partial charge in [0.25, 0.3) is 0 Å². The zero-order chi connectivity index (χ0) is 16.8. The highest BCUT2D eigenvalue weighted by Gasteiger charge is 2.39. The van der Waals surface area contributed by atoms with E-state index >= 15 is 0 Å². The van der Waals surface area contributed by atoms with Crippen molar-refractivity contribution in [3.8, 4) is 5.75 Å². The van der Waals surface area contributed by atoms with E-state index in [1.807, 2.05) is 31.2 Å². The van der Waals surface area contributed by atoms with Crippen molar-refractivity contribution in [1.82, 2.24) is 0 Å². The van der Waals surface area contributed by atoms with E-state index in [4.69, 9.17) is 9.84 Å². The van der Waals surface area contributed by atoms with E-state index in [2.05, 4.69) is 0 Å². The molecule has 1 aromatic rings. The van der Waals surface area contributed by atoms with Crippen molar-refractivity contribution in [2.45, 2.75) is 51.2 Å². The van der Waals surface area contributed by atoms with Crippen LogP contribution < -0.4 is 4.74 Å². The molecule has 0 saturated heterocycles. The van der Waals surface area contributed by atoms with Crippen LogP contribution in [0.2, 0.25) is 0 Å². The Kier molecular flexibility index (Phi) is 6.42. The summed E-state index contributed by atoms with van der Waals surface area (Å²) >= 11 is 0. The highest BCUT2D eigenvalue weighted by molar-refractivity contribution is 5.67. The van der Waals surface area contributed by atoms with E-state index in [-0.39, 0.29) is 18.3 Å². The van der Waals surface area contributed by atoms with Gasteiger partial charge in [0.15, 0.2) is 0 Å². The summed E-state index contributed by atoms with van der Waals surface area (Å²) in [5, 5.41) is 29.2. The zero-order valence-corrected chi connectivity index (χ0v) is 13.5. The van der Waals surface area contributed by atoms with Crippen LogP contribution in [0.4, 0.5) is 0 Å². The number of hydrogen-bond donors (Lipinski definition) is 3. The van der Waals surface area contributed by atoms with Gasteiger partial charge in [-0.25, -0.2) is 0 Å². The van der Waals surface area contributed by atoms with Crippen LogP contribution in [0.5, 0.6) is 5.75 Å². The number of aliphatic hydroxyl groups is 2. The molecule has 1 aliphatic rings. The minimum absolute atomic E-state index is 0.0807. The summed E-state index contributed by atoms with van der Waals surface area (Å²) in [6.07, 6.45) is 1.22. The molecule has 1 aliphatic carbocycles. The van der Waals surface area contributed by atoms with E-state index in [1.165, 1.54) is 0 Å². The van der Waals surface area contributed by atoms with E-state index in [0.717, 1.165) is 11.3 Å². The zero-order valence-electron chi connectivity index (χ0n) is 13.5. The Labute approximate surface area is 136 Å². The molecule has 0 amide bonds. The Bertz CT molecular complexity index is 516. The molecule has 5 heteroatoms. The fourth-order valence-corrected chi connectivity index (χ4v) is 3.45. The van der Waals surface area contributed by atoms with Crippen LogP contribution in [-0.4, -0.2) is 40.1 Å². The first kappa shape index (κ1) is 17.8. The van der Waals surface area contributed by atoms with Crippen molar-refractivity contribution in [2.24, 2.45) is 11.8 Å². The standard InChI is InChI=1S/C18H26O5/c1-12-4-2-5-13(10-12)23-9-3-6-16(19)14-7-8-17(20)15(14)11-18(21)22/h2,4-5,10,14-17,19-20H,3,6-9,11H2,1H3,(H,21,22)/t14-,15-,16?,17+/m1/s1. The summed E-state index contributed by atoms with van der Waals surface area (Å²) in [5.41, 5.74) is 1.14. The van der Waals surface area contributed by atoms with Crippen molar-refractivity contribution in [1.29, 1.82) is 0 Å². The monoisotopic (exact) mass is 322 g/mol. The van der Waals surface area contributed by atoms with Crippen LogP contribution in [0, 0.1) is 18.8 Å². The van der Waals surface area contributed by atoms with Gasteiger partial charge in [0.2, 0.25) is 0 Å². The molecule has 4 atom stereocenters. The maximum atomic E-state index is 10.9. The van der Waals surface area contributed by atoms with Gasteiger partial charge in [0.1, 0.15) is 5.75 Å². The molecular formula is C18H26O5. The average Bonchev–Trinajstić information content (AvgIpc) is 2.84. The van der Waals surface area contributed by atoms with Crippen LogP contribution in [-0.2, 0) is 4.79 Å². The minimum Gasteiger partial charge on any atom is -0.494 e. The van der Waals surface area contributed by atoms with Crippen molar-refractivity contribution in [3.63, 3.8) is 0 Å². The molecule has 1 saturated carbocycles. The number of hydrogen-bond acceptors (Lipinski definition) is 4. The number of carboxylic acid groups (broad SMARTS) is 1. The molecular weight excluding hydrogens is 296 g/mol. The van der Waals surface area contributed by atoms with Gasteiger partial charge in [-0.15, -0.1) is 0 Å². The third-order valence-electron chi connectivity index (χ3n) is 4.65. The molecule has 1 aromatic carbocycles. The average molecular weight is 322 g/mol. The molecule has 0 radical (unpaired) electrons. The molecule has 3 N–H and O–H groups in total. The fourth-order valence-electron chi connectivity index (χ4n) is 3.45. The van der Waals surface area contributed by atoms with Gasteiger partial charge in [-0.05, 0) is 56.2 Å². The quantitative estimate of drug-likeness (QED) is 0.640. The number of carboxylic acids is 1. The van der Waals surface area contributed by atoms with Crippen molar-refractivity contribution < 1.29 is 24.9 Å². The first-order valence-corrected chi connectivity index (χ1v) is 8.24. The lowest BCUT2D eigenvalue weighted by Gasteiger charge is -2.25. The Balaban J connectivity index is 1.75. The van der Waals surface area contributed by atoms with Crippen molar-refractivity contribution in [2.75, 3.05) is 6.61 Å². The second-order valence-corrected chi connectivity index (χ2v) is 6.44. The number of ether oxygens (including phenoxy) is 1. The van der Waals surface area contributed by atoms with Gasteiger partial charge >= 0.3 is 5.97 Å². The summed E-state index contributed by atoms with van der Waals surface area (Å²) in [7, 11) is 0. The minimum atomic E-state index is -0.920. The first-order chi connectivity index (χ1) is 11.0. The van der Waals surface area contributed by atoms with Crippen LogP contribution in [0.25, 0.3) is 0 Å². The lowest BCUT2D eigenvalue weighted by molar-refractivity contribution is -0.139. The molecule has 0 aliphatic heterocycles. The number of aryl methyl sites for hydroxylation is 1. The van der Waals surface area contributed by atoms with Crippen molar-refractivity contribution in [3.05, 3.63) is 29.8 Å². The fraction of sp³-hybridized carbons (Fsp3) is 0.611. The molecule has 128 valence electrons. The number of rotatable bonds is 8. The van der Waals surface area contributed by atoms with Crippen LogP contribution in [0.15, 0.2) is 24.3 Å². The normalized spacial score (nSPS) is 25.3. The predicted molar refractivity (Wildman–Crippen MR) is 86.4 cm³/mol. The van der Waals surface area contributed by atoms with Gasteiger partial charge in [-0.2, -0.15) is 0 Å². The summed E-state index contributed by atoms with van der Waals surface area (Å²) in [6, 6.07) is 7.81. The van der Waals surface area contributed by atoms with E-state index < -0.39 is 18.2 Å². The smallest absolute Gasteiger partial charge is 0.303 e. The number of carbonyl (C=O) groups is 1. The number of benzene rings is 1. The molecule has 5 nitrogen and oxygen atoms in total. The lowest BCUT2D eigenvalue weighted by atomic mass is 9.85. The van der Waals surface area contributed by atoms with Crippen LogP contribution in [0.1, 0.15) is 37.7 Å². The first-order valence-electron chi connectivity index (χ1n) is 8.24. The predicted octanol–water partition coefficient (Wildman–Crippen LogP) is 2.38. The molecule has 0 heterocycles. The van der Waals surface area contributed by atoms with Gasteiger partial charge < -0.3 is 20.1 Å². The van der Waals surface area contributed by atoms with Gasteiger partial charge in [-0.3, -0.25) is 4.79 Å². The summed E-state index contributed by atoms with van der Waals surface area (Å²) in [6.45, 7) is 2.52. The van der Waals surface area contributed by atoms with Crippen LogP contribution >= 0.6 is 0 Å². The van der Waals surface area contributed by atoms with E-state index in [1.54, 1.807) is 0 Å².